The maximum absolute atomic E-state index is 13.0. The fourth-order valence-electron chi connectivity index (χ4n) is 3.23. The number of aromatic nitrogens is 3. The largest absolute Gasteiger partial charge is 0.497 e. The minimum Gasteiger partial charge on any atom is -0.497 e. The lowest BCUT2D eigenvalue weighted by molar-refractivity contribution is -0.113. The Balaban J connectivity index is 1.56. The third-order valence-electron chi connectivity index (χ3n) is 4.82. The van der Waals surface area contributed by atoms with Crippen LogP contribution in [0.4, 0.5) is 5.69 Å². The molecule has 0 aliphatic rings. The zero-order chi connectivity index (χ0) is 24.0. The molecule has 4 aromatic rings. The van der Waals surface area contributed by atoms with Crippen molar-refractivity contribution >= 4 is 33.2 Å². The van der Waals surface area contributed by atoms with Crippen molar-refractivity contribution in [1.82, 2.24) is 14.8 Å². The highest BCUT2D eigenvalue weighted by Crippen LogP contribution is 2.25. The summed E-state index contributed by atoms with van der Waals surface area (Å²) in [6.07, 6.45) is 0. The molecule has 0 radical (unpaired) electrons. The Labute approximate surface area is 201 Å². The number of amides is 1. The van der Waals surface area contributed by atoms with Crippen LogP contribution in [0.3, 0.4) is 0 Å². The molecule has 1 amide bonds. The van der Waals surface area contributed by atoms with Gasteiger partial charge in [-0.3, -0.25) is 9.36 Å². The number of carbonyl (C=O) groups is 1. The molecule has 0 bridgehead atoms. The van der Waals surface area contributed by atoms with Gasteiger partial charge in [0, 0.05) is 17.4 Å². The molecule has 0 unspecified atom stereocenters. The summed E-state index contributed by atoms with van der Waals surface area (Å²) < 4.78 is 32.8. The highest BCUT2D eigenvalue weighted by molar-refractivity contribution is 7.99. The number of nitrogens with zero attached hydrogens (tertiary/aromatic N) is 3. The summed E-state index contributed by atoms with van der Waals surface area (Å²) in [4.78, 5) is 12.7. The van der Waals surface area contributed by atoms with Gasteiger partial charge in [0.1, 0.15) is 11.5 Å². The van der Waals surface area contributed by atoms with E-state index in [-0.39, 0.29) is 28.1 Å². The van der Waals surface area contributed by atoms with Gasteiger partial charge in [-0.05, 0) is 36.4 Å². The van der Waals surface area contributed by atoms with Gasteiger partial charge < -0.3 is 10.1 Å². The van der Waals surface area contributed by atoms with Gasteiger partial charge in [-0.25, -0.2) is 8.42 Å². The first-order valence-electron chi connectivity index (χ1n) is 10.3. The van der Waals surface area contributed by atoms with Gasteiger partial charge in [-0.15, -0.1) is 10.2 Å². The van der Waals surface area contributed by atoms with Crippen LogP contribution in [0.15, 0.2) is 95.0 Å². The molecule has 3 aromatic carbocycles. The molecule has 1 aromatic heterocycles. The van der Waals surface area contributed by atoms with E-state index in [4.69, 9.17) is 4.74 Å². The number of anilines is 1. The number of nitrogens with one attached hydrogen (secondary N) is 1. The lowest BCUT2D eigenvalue weighted by Crippen LogP contribution is -2.15. The summed E-state index contributed by atoms with van der Waals surface area (Å²) in [5, 5.41) is 11.6. The van der Waals surface area contributed by atoms with Gasteiger partial charge in [0.25, 0.3) is 0 Å². The first kappa shape index (κ1) is 23.5. The molecule has 174 valence electrons. The van der Waals surface area contributed by atoms with E-state index in [0.29, 0.717) is 22.3 Å². The Kier molecular flexibility index (Phi) is 7.29. The number of ether oxygens (including phenoxy) is 1. The molecule has 0 fully saturated rings. The van der Waals surface area contributed by atoms with Gasteiger partial charge in [-0.2, -0.15) is 0 Å². The number of hydrogen-bond donors (Lipinski definition) is 1. The van der Waals surface area contributed by atoms with E-state index in [9.17, 15) is 13.2 Å². The molecule has 0 atom stereocenters. The zero-order valence-electron chi connectivity index (χ0n) is 18.3. The number of carbonyl (C=O) groups excluding carboxylic acids is 1. The van der Waals surface area contributed by atoms with Crippen LogP contribution in [-0.2, 0) is 20.4 Å². The number of sulfone groups is 1. The molecule has 1 heterocycles. The van der Waals surface area contributed by atoms with Crippen molar-refractivity contribution in [3.05, 3.63) is 90.8 Å². The van der Waals surface area contributed by atoms with Crippen molar-refractivity contribution in [2.45, 2.75) is 15.8 Å². The molecule has 0 aliphatic carbocycles. The fourth-order valence-corrected chi connectivity index (χ4v) is 5.27. The molecule has 1 N–H and O–H groups in total. The zero-order valence-corrected chi connectivity index (χ0v) is 19.9. The van der Waals surface area contributed by atoms with Crippen LogP contribution in [0.1, 0.15) is 5.82 Å². The molecule has 0 saturated carbocycles. The number of hydrogen-bond acceptors (Lipinski definition) is 7. The van der Waals surface area contributed by atoms with Crippen LogP contribution in [0.5, 0.6) is 5.75 Å². The van der Waals surface area contributed by atoms with Crippen LogP contribution in [0.2, 0.25) is 0 Å². The first-order chi connectivity index (χ1) is 16.5. The van der Waals surface area contributed by atoms with Gasteiger partial charge in [0.05, 0.1) is 17.8 Å². The third-order valence-corrected chi connectivity index (χ3v) is 7.38. The highest BCUT2D eigenvalue weighted by Gasteiger charge is 2.23. The predicted octanol–water partition coefficient (Wildman–Crippen LogP) is 3.98. The summed E-state index contributed by atoms with van der Waals surface area (Å²) in [6.45, 7) is 0. The first-order valence-corrected chi connectivity index (χ1v) is 12.9. The minimum atomic E-state index is -3.63. The predicted molar refractivity (Wildman–Crippen MR) is 131 cm³/mol. The summed E-state index contributed by atoms with van der Waals surface area (Å²) in [7, 11) is -2.07. The smallest absolute Gasteiger partial charge is 0.234 e. The second kappa shape index (κ2) is 10.5. The number of para-hydroxylation sites is 1. The van der Waals surface area contributed by atoms with E-state index in [1.807, 2.05) is 30.3 Å². The van der Waals surface area contributed by atoms with Crippen LogP contribution in [0, 0.1) is 0 Å². The second-order valence-corrected chi connectivity index (χ2v) is 10.1. The van der Waals surface area contributed by atoms with Crippen molar-refractivity contribution in [2.75, 3.05) is 18.2 Å². The average Bonchev–Trinajstić information content (AvgIpc) is 3.25. The molecule has 8 nitrogen and oxygen atoms in total. The Morgan fingerprint density at radius 1 is 0.971 bits per heavy atom. The molecular weight excluding hydrogens is 472 g/mol. The van der Waals surface area contributed by atoms with Crippen molar-refractivity contribution in [2.24, 2.45) is 0 Å². The second-order valence-electron chi connectivity index (χ2n) is 7.21. The molecule has 4 rings (SSSR count). The quantitative estimate of drug-likeness (QED) is 0.351. The maximum atomic E-state index is 13.0. The van der Waals surface area contributed by atoms with Crippen LogP contribution >= 0.6 is 11.8 Å². The van der Waals surface area contributed by atoms with Crippen molar-refractivity contribution in [3.8, 4) is 11.4 Å². The van der Waals surface area contributed by atoms with E-state index < -0.39 is 9.84 Å². The topological polar surface area (TPSA) is 103 Å². The van der Waals surface area contributed by atoms with Crippen molar-refractivity contribution < 1.29 is 17.9 Å². The van der Waals surface area contributed by atoms with E-state index in [0.717, 1.165) is 0 Å². The molecule has 0 spiro atoms. The Morgan fingerprint density at radius 2 is 1.68 bits per heavy atom. The monoisotopic (exact) mass is 494 g/mol. The van der Waals surface area contributed by atoms with E-state index in [2.05, 4.69) is 15.5 Å². The SMILES string of the molecule is COc1cccc(NC(=O)CSc2nnc(CS(=O)(=O)c3ccccc3)n2-c2ccccc2)c1. The maximum Gasteiger partial charge on any atom is 0.234 e. The number of methoxy groups -OCH3 is 1. The summed E-state index contributed by atoms with van der Waals surface area (Å²) >= 11 is 1.17. The van der Waals surface area contributed by atoms with Gasteiger partial charge in [0.15, 0.2) is 20.8 Å². The Bertz CT molecular complexity index is 1370. The van der Waals surface area contributed by atoms with Crippen molar-refractivity contribution in [1.29, 1.82) is 0 Å². The number of benzene rings is 3. The van der Waals surface area contributed by atoms with Crippen LogP contribution in [0.25, 0.3) is 5.69 Å². The molecule has 0 aliphatic heterocycles. The van der Waals surface area contributed by atoms with Crippen LogP contribution in [-0.4, -0.2) is 42.0 Å². The fraction of sp³-hybridized carbons (Fsp3) is 0.125. The van der Waals surface area contributed by atoms with E-state index >= 15 is 0 Å². The molecular formula is C24H22N4O4S2. The number of thioether (sulfide) groups is 1. The van der Waals surface area contributed by atoms with Gasteiger partial charge >= 0.3 is 0 Å². The summed E-state index contributed by atoms with van der Waals surface area (Å²) in [5.74, 6) is 0.409. The number of rotatable bonds is 9. The van der Waals surface area contributed by atoms with E-state index in [1.165, 1.54) is 11.8 Å². The average molecular weight is 495 g/mol. The third kappa shape index (κ3) is 5.64. The van der Waals surface area contributed by atoms with E-state index in [1.54, 1.807) is 66.3 Å². The highest BCUT2D eigenvalue weighted by atomic mass is 32.2. The Morgan fingerprint density at radius 3 is 2.38 bits per heavy atom. The van der Waals surface area contributed by atoms with Crippen LogP contribution < -0.4 is 10.1 Å². The van der Waals surface area contributed by atoms with Gasteiger partial charge in [0.2, 0.25) is 5.91 Å². The molecule has 10 heteroatoms. The standard InChI is InChI=1S/C24H22N4O4S2/c1-32-20-12-8-9-18(15-20)25-23(29)16-33-24-27-26-22(28(24)19-10-4-2-5-11-19)17-34(30,31)21-13-6-3-7-14-21/h2-15H,16-17H2,1H3,(H,25,29). The molecule has 34 heavy (non-hydrogen) atoms. The normalized spacial score (nSPS) is 11.2. The van der Waals surface area contributed by atoms with Gasteiger partial charge in [-0.1, -0.05) is 54.2 Å². The molecule has 0 saturated heterocycles. The van der Waals surface area contributed by atoms with Crippen molar-refractivity contribution in [3.63, 3.8) is 0 Å². The lowest BCUT2D eigenvalue weighted by atomic mass is 10.3. The Hall–Kier alpha value is -3.63. The summed E-state index contributed by atoms with van der Waals surface area (Å²) in [5.41, 5.74) is 1.32. The summed E-state index contributed by atoms with van der Waals surface area (Å²) in [6, 6.07) is 24.5. The lowest BCUT2D eigenvalue weighted by Gasteiger charge is -2.11. The minimum absolute atomic E-state index is 0.0631.